The van der Waals surface area contributed by atoms with Crippen LogP contribution in [0.25, 0.3) is 22.3 Å². The molecule has 3 aromatic heterocycles. The van der Waals surface area contributed by atoms with E-state index in [-0.39, 0.29) is 17.6 Å². The number of carbonyl (C=O) groups excluding carboxylic acids is 1. The van der Waals surface area contributed by atoms with Crippen molar-refractivity contribution < 1.29 is 18.7 Å². The minimum atomic E-state index is -0.612. The molecule has 0 aliphatic carbocycles. The van der Waals surface area contributed by atoms with Crippen LogP contribution < -0.4 is 10.5 Å². The number of carbonyl (C=O) groups is 1. The van der Waals surface area contributed by atoms with Crippen LogP contribution in [0.5, 0.6) is 11.8 Å². The SMILES string of the molecule is Cc1ccnc(Oc2ccc(-n3c(C4=CCN(C(=O)OC(C)(C)C)C4)c(C)c4ncnc(N)c43)cc2F)n1. The van der Waals surface area contributed by atoms with Gasteiger partial charge < -0.3 is 24.7 Å². The lowest BCUT2D eigenvalue weighted by Gasteiger charge is -2.24. The number of aryl methyl sites for hydroxylation is 2. The highest BCUT2D eigenvalue weighted by molar-refractivity contribution is 5.95. The second kappa shape index (κ2) is 9.40. The Morgan fingerprint density at radius 3 is 2.63 bits per heavy atom. The lowest BCUT2D eigenvalue weighted by molar-refractivity contribution is 0.0306. The minimum Gasteiger partial charge on any atom is -0.444 e. The molecule has 0 radical (unpaired) electrons. The van der Waals surface area contributed by atoms with Crippen LogP contribution in [0.3, 0.4) is 0 Å². The van der Waals surface area contributed by atoms with Crippen molar-refractivity contribution >= 4 is 28.5 Å². The number of rotatable bonds is 4. The van der Waals surface area contributed by atoms with Gasteiger partial charge in [-0.25, -0.2) is 29.1 Å². The molecule has 0 unspecified atom stereocenters. The van der Waals surface area contributed by atoms with Crippen molar-refractivity contribution in [3.63, 3.8) is 0 Å². The van der Waals surface area contributed by atoms with Crippen molar-refractivity contribution in [1.82, 2.24) is 29.4 Å². The van der Waals surface area contributed by atoms with Crippen LogP contribution in [0.1, 0.15) is 37.7 Å². The molecule has 4 heterocycles. The Kier molecular flexibility index (Phi) is 6.22. The van der Waals surface area contributed by atoms with E-state index in [0.717, 1.165) is 16.8 Å². The van der Waals surface area contributed by atoms with Crippen LogP contribution in [0.4, 0.5) is 15.0 Å². The number of anilines is 1. The number of hydrogen-bond acceptors (Lipinski definition) is 8. The summed E-state index contributed by atoms with van der Waals surface area (Å²) in [5.41, 5.74) is 10.5. The Labute approximate surface area is 218 Å². The van der Waals surface area contributed by atoms with Gasteiger partial charge in [-0.15, -0.1) is 0 Å². The van der Waals surface area contributed by atoms with Gasteiger partial charge in [0.25, 0.3) is 0 Å². The maximum absolute atomic E-state index is 15.3. The maximum atomic E-state index is 15.3. The van der Waals surface area contributed by atoms with Crippen molar-refractivity contribution in [1.29, 1.82) is 0 Å². The van der Waals surface area contributed by atoms with Crippen molar-refractivity contribution in [3.05, 3.63) is 65.6 Å². The Balaban J connectivity index is 1.56. The maximum Gasteiger partial charge on any atom is 0.410 e. The average Bonchev–Trinajstić information content (AvgIpc) is 3.43. The fraction of sp³-hybridized carbons (Fsp3) is 0.296. The molecule has 11 heteroatoms. The van der Waals surface area contributed by atoms with Gasteiger partial charge in [-0.1, -0.05) is 6.08 Å². The van der Waals surface area contributed by atoms with E-state index in [4.69, 9.17) is 15.2 Å². The van der Waals surface area contributed by atoms with Crippen molar-refractivity contribution in [2.24, 2.45) is 0 Å². The summed E-state index contributed by atoms with van der Waals surface area (Å²) in [5.74, 6) is -0.375. The van der Waals surface area contributed by atoms with Crippen molar-refractivity contribution in [2.75, 3.05) is 18.8 Å². The Morgan fingerprint density at radius 1 is 1.13 bits per heavy atom. The first-order valence-electron chi connectivity index (χ1n) is 12.1. The van der Waals surface area contributed by atoms with E-state index in [1.807, 2.05) is 38.3 Å². The monoisotopic (exact) mass is 517 g/mol. The summed E-state index contributed by atoms with van der Waals surface area (Å²) in [7, 11) is 0. The molecule has 1 aromatic carbocycles. The molecule has 0 fully saturated rings. The zero-order chi connectivity index (χ0) is 27.2. The Bertz CT molecular complexity index is 1590. The summed E-state index contributed by atoms with van der Waals surface area (Å²) in [4.78, 5) is 31.1. The normalized spacial score (nSPS) is 13.6. The van der Waals surface area contributed by atoms with E-state index in [2.05, 4.69) is 19.9 Å². The predicted molar refractivity (Wildman–Crippen MR) is 141 cm³/mol. The van der Waals surface area contributed by atoms with Crippen LogP contribution in [0.15, 0.2) is 42.9 Å². The molecule has 0 saturated carbocycles. The van der Waals surface area contributed by atoms with Gasteiger partial charge in [0.2, 0.25) is 0 Å². The first-order valence-corrected chi connectivity index (χ1v) is 12.1. The van der Waals surface area contributed by atoms with E-state index >= 15 is 4.39 Å². The van der Waals surface area contributed by atoms with E-state index in [0.29, 0.717) is 35.5 Å². The molecule has 5 rings (SSSR count). The molecule has 0 bridgehead atoms. The van der Waals surface area contributed by atoms with Gasteiger partial charge in [-0.3, -0.25) is 0 Å². The van der Waals surface area contributed by atoms with Crippen LogP contribution >= 0.6 is 0 Å². The largest absolute Gasteiger partial charge is 0.444 e. The standard InChI is InChI=1S/C27H28FN7O3/c1-15-8-10-30-25(33-15)37-20-7-6-18(12-19(20)28)35-22(16(2)21-23(35)24(29)32-14-31-21)17-9-11-34(13-17)26(36)38-27(3,4)5/h6-10,12,14H,11,13H2,1-5H3,(H2,29,31,32). The fourth-order valence-corrected chi connectivity index (χ4v) is 4.40. The lowest BCUT2D eigenvalue weighted by atomic mass is 10.1. The molecule has 0 atom stereocenters. The first kappa shape index (κ1) is 25.1. The van der Waals surface area contributed by atoms with Crippen molar-refractivity contribution in [2.45, 2.75) is 40.2 Å². The number of hydrogen-bond donors (Lipinski definition) is 1. The molecule has 38 heavy (non-hydrogen) atoms. The highest BCUT2D eigenvalue weighted by atomic mass is 19.1. The summed E-state index contributed by atoms with van der Waals surface area (Å²) in [6.45, 7) is 9.88. The number of aromatic nitrogens is 5. The highest BCUT2D eigenvalue weighted by Crippen LogP contribution is 2.37. The summed E-state index contributed by atoms with van der Waals surface area (Å²) in [6.07, 6.45) is 4.49. The van der Waals surface area contributed by atoms with Crippen LogP contribution in [0, 0.1) is 19.7 Å². The second-order valence-corrected chi connectivity index (χ2v) is 10.1. The molecule has 4 aromatic rings. The number of nitrogen functional groups attached to an aromatic ring is 1. The number of nitrogens with two attached hydrogens (primary N) is 1. The second-order valence-electron chi connectivity index (χ2n) is 10.1. The third-order valence-corrected chi connectivity index (χ3v) is 6.03. The van der Waals surface area contributed by atoms with Gasteiger partial charge >= 0.3 is 12.1 Å². The van der Waals surface area contributed by atoms with Crippen LogP contribution in [0.2, 0.25) is 0 Å². The quantitative estimate of drug-likeness (QED) is 0.403. The molecule has 10 nitrogen and oxygen atoms in total. The number of amides is 1. The van der Waals surface area contributed by atoms with Gasteiger partial charge in [0.1, 0.15) is 17.4 Å². The topological polar surface area (TPSA) is 121 Å². The molecule has 1 amide bonds. The van der Waals surface area contributed by atoms with E-state index in [1.165, 1.54) is 18.5 Å². The predicted octanol–water partition coefficient (Wildman–Crippen LogP) is 4.98. The summed E-state index contributed by atoms with van der Waals surface area (Å²) < 4.78 is 28.3. The molecule has 1 aliphatic heterocycles. The zero-order valence-corrected chi connectivity index (χ0v) is 21.8. The van der Waals surface area contributed by atoms with Gasteiger partial charge in [-0.2, -0.15) is 0 Å². The van der Waals surface area contributed by atoms with E-state index in [9.17, 15) is 4.79 Å². The summed E-state index contributed by atoms with van der Waals surface area (Å²) in [5, 5.41) is 0. The Hall–Kier alpha value is -4.54. The summed E-state index contributed by atoms with van der Waals surface area (Å²) >= 11 is 0. The van der Waals surface area contributed by atoms with Gasteiger partial charge in [0.15, 0.2) is 17.4 Å². The molecule has 0 spiro atoms. The number of nitrogens with zero attached hydrogens (tertiary/aromatic N) is 6. The van der Waals surface area contributed by atoms with Crippen LogP contribution in [-0.2, 0) is 4.74 Å². The third kappa shape index (κ3) is 4.74. The smallest absolute Gasteiger partial charge is 0.410 e. The summed E-state index contributed by atoms with van der Waals surface area (Å²) in [6, 6.07) is 6.35. The number of ether oxygens (including phenoxy) is 2. The minimum absolute atomic E-state index is 0.0190. The zero-order valence-electron chi connectivity index (χ0n) is 21.8. The number of fused-ring (bicyclic) bond motifs is 1. The van der Waals surface area contributed by atoms with Gasteiger partial charge in [-0.05, 0) is 58.4 Å². The first-order chi connectivity index (χ1) is 18.0. The van der Waals surface area contributed by atoms with Crippen molar-refractivity contribution in [3.8, 4) is 17.4 Å². The average molecular weight is 518 g/mol. The number of benzene rings is 1. The van der Waals surface area contributed by atoms with E-state index < -0.39 is 17.5 Å². The lowest BCUT2D eigenvalue weighted by Crippen LogP contribution is -2.35. The van der Waals surface area contributed by atoms with Gasteiger partial charge in [0.05, 0.1) is 17.8 Å². The molecule has 196 valence electrons. The number of halogens is 1. The highest BCUT2D eigenvalue weighted by Gasteiger charge is 2.30. The molecular weight excluding hydrogens is 489 g/mol. The van der Waals surface area contributed by atoms with Gasteiger partial charge in [0, 0.05) is 35.8 Å². The molecule has 0 saturated heterocycles. The molecular formula is C27H28FN7O3. The third-order valence-electron chi connectivity index (χ3n) is 6.03. The molecule has 1 aliphatic rings. The van der Waals surface area contributed by atoms with E-state index in [1.54, 1.807) is 30.2 Å². The molecule has 2 N–H and O–H groups in total. The Morgan fingerprint density at radius 2 is 1.92 bits per heavy atom. The van der Waals surface area contributed by atoms with Crippen LogP contribution in [-0.4, -0.2) is 54.2 Å². The fourth-order valence-electron chi connectivity index (χ4n) is 4.40.